The van der Waals surface area contributed by atoms with Gasteiger partial charge in [0.1, 0.15) is 0 Å². The first-order valence-electron chi connectivity index (χ1n) is 7.13. The molecule has 1 atom stereocenters. The number of hydrogen-bond acceptors (Lipinski definition) is 4. The lowest BCUT2D eigenvalue weighted by Gasteiger charge is -2.22. The lowest BCUT2D eigenvalue weighted by atomic mass is 10.1. The highest BCUT2D eigenvalue weighted by atomic mass is 16.5. The minimum Gasteiger partial charge on any atom is -0.376 e. The van der Waals surface area contributed by atoms with Gasteiger partial charge in [0, 0.05) is 18.5 Å². The van der Waals surface area contributed by atoms with Crippen molar-refractivity contribution in [2.24, 2.45) is 0 Å². The molecule has 2 heterocycles. The lowest BCUT2D eigenvalue weighted by molar-refractivity contribution is 0.0168. The molecule has 2 aromatic rings. The molecule has 0 bridgehead atoms. The summed E-state index contributed by atoms with van der Waals surface area (Å²) in [6.07, 6.45) is 3.23. The zero-order valence-electron chi connectivity index (χ0n) is 11.6. The number of rotatable bonds is 3. The van der Waals surface area contributed by atoms with Crippen LogP contribution in [0.2, 0.25) is 0 Å². The monoisotopic (exact) mass is 287 g/mol. The molecule has 2 N–H and O–H groups in total. The molecular weight excluding hydrogens is 270 g/mol. The summed E-state index contributed by atoms with van der Waals surface area (Å²) in [6, 6.07) is 6.94. The Morgan fingerprint density at radius 2 is 2.14 bits per heavy atom. The summed E-state index contributed by atoms with van der Waals surface area (Å²) in [6.45, 7) is 1.22. The van der Waals surface area contributed by atoms with Gasteiger partial charge >= 0.3 is 0 Å². The summed E-state index contributed by atoms with van der Waals surface area (Å²) in [5.74, 6) is -0.295. The van der Waals surface area contributed by atoms with Gasteiger partial charge < -0.3 is 10.1 Å². The highest BCUT2D eigenvalue weighted by Crippen LogP contribution is 2.14. The summed E-state index contributed by atoms with van der Waals surface area (Å²) in [5, 5.41) is 10.1. The second-order valence-electron chi connectivity index (χ2n) is 5.15. The number of nitrogens with one attached hydrogen (secondary N) is 2. The van der Waals surface area contributed by atoms with Crippen molar-refractivity contribution in [1.82, 2.24) is 15.5 Å². The van der Waals surface area contributed by atoms with Crippen molar-refractivity contribution in [3.05, 3.63) is 40.3 Å². The van der Waals surface area contributed by atoms with Crippen molar-refractivity contribution >= 4 is 16.7 Å². The van der Waals surface area contributed by atoms with E-state index in [2.05, 4.69) is 15.5 Å². The first-order valence-corrected chi connectivity index (χ1v) is 7.13. The highest BCUT2D eigenvalue weighted by molar-refractivity contribution is 6.04. The zero-order valence-corrected chi connectivity index (χ0v) is 11.6. The van der Waals surface area contributed by atoms with Gasteiger partial charge in [0.05, 0.1) is 11.5 Å². The zero-order chi connectivity index (χ0) is 14.7. The SMILES string of the molecule is O=C(NCC1CCCCO1)c1n[nH]c(=O)c2ccccc12. The van der Waals surface area contributed by atoms with E-state index in [1.54, 1.807) is 24.3 Å². The van der Waals surface area contributed by atoms with Gasteiger partial charge in [-0.1, -0.05) is 18.2 Å². The Hall–Kier alpha value is -2.21. The molecule has 1 amide bonds. The normalized spacial score (nSPS) is 18.6. The van der Waals surface area contributed by atoms with E-state index in [1.165, 1.54) is 0 Å². The maximum Gasteiger partial charge on any atom is 0.272 e. The van der Waals surface area contributed by atoms with E-state index in [4.69, 9.17) is 4.74 Å². The van der Waals surface area contributed by atoms with Crippen LogP contribution in [0.4, 0.5) is 0 Å². The summed E-state index contributed by atoms with van der Waals surface area (Å²) >= 11 is 0. The maximum absolute atomic E-state index is 12.3. The minimum atomic E-state index is -0.295. The van der Waals surface area contributed by atoms with Crippen LogP contribution in [0.25, 0.3) is 10.8 Å². The molecule has 0 saturated carbocycles. The predicted molar refractivity (Wildman–Crippen MR) is 78.3 cm³/mol. The van der Waals surface area contributed by atoms with Crippen molar-refractivity contribution in [2.45, 2.75) is 25.4 Å². The van der Waals surface area contributed by atoms with Crippen LogP contribution >= 0.6 is 0 Å². The fourth-order valence-corrected chi connectivity index (χ4v) is 2.55. The Bertz CT molecular complexity index is 705. The molecular formula is C15H17N3O3. The minimum absolute atomic E-state index is 0.0664. The van der Waals surface area contributed by atoms with Crippen molar-refractivity contribution in [3.63, 3.8) is 0 Å². The van der Waals surface area contributed by atoms with E-state index in [1.807, 2.05) is 0 Å². The van der Waals surface area contributed by atoms with E-state index in [-0.39, 0.29) is 23.3 Å². The Labute approximate surface area is 121 Å². The van der Waals surface area contributed by atoms with Crippen LogP contribution < -0.4 is 10.9 Å². The largest absolute Gasteiger partial charge is 0.376 e. The number of aromatic nitrogens is 2. The van der Waals surface area contributed by atoms with Crippen LogP contribution in [0.3, 0.4) is 0 Å². The highest BCUT2D eigenvalue weighted by Gasteiger charge is 2.17. The number of carbonyl (C=O) groups excluding carboxylic acids is 1. The Morgan fingerprint density at radius 3 is 2.90 bits per heavy atom. The van der Waals surface area contributed by atoms with Gasteiger partial charge in [0.15, 0.2) is 5.69 Å². The Morgan fingerprint density at radius 1 is 1.33 bits per heavy atom. The fourth-order valence-electron chi connectivity index (χ4n) is 2.55. The third kappa shape index (κ3) is 2.95. The third-order valence-electron chi connectivity index (χ3n) is 3.68. The molecule has 1 aromatic heterocycles. The Balaban J connectivity index is 1.78. The van der Waals surface area contributed by atoms with Gasteiger partial charge in [0.2, 0.25) is 0 Å². The van der Waals surface area contributed by atoms with Crippen LogP contribution in [-0.4, -0.2) is 35.4 Å². The molecule has 1 aliphatic heterocycles. The molecule has 1 saturated heterocycles. The molecule has 6 heteroatoms. The molecule has 0 radical (unpaired) electrons. The smallest absolute Gasteiger partial charge is 0.272 e. The van der Waals surface area contributed by atoms with Crippen molar-refractivity contribution in [2.75, 3.05) is 13.2 Å². The van der Waals surface area contributed by atoms with Crippen molar-refractivity contribution in [3.8, 4) is 0 Å². The number of ether oxygens (including phenoxy) is 1. The van der Waals surface area contributed by atoms with Gasteiger partial charge in [-0.05, 0) is 25.3 Å². The average Bonchev–Trinajstić information content (AvgIpc) is 2.54. The van der Waals surface area contributed by atoms with Crippen LogP contribution in [-0.2, 0) is 4.74 Å². The maximum atomic E-state index is 12.3. The number of hydrogen-bond donors (Lipinski definition) is 2. The lowest BCUT2D eigenvalue weighted by Crippen LogP contribution is -2.36. The molecule has 0 spiro atoms. The van der Waals surface area contributed by atoms with Crippen molar-refractivity contribution < 1.29 is 9.53 Å². The first-order chi connectivity index (χ1) is 10.3. The van der Waals surface area contributed by atoms with E-state index >= 15 is 0 Å². The number of amides is 1. The molecule has 21 heavy (non-hydrogen) atoms. The van der Waals surface area contributed by atoms with Gasteiger partial charge in [-0.15, -0.1) is 0 Å². The molecule has 0 aliphatic carbocycles. The van der Waals surface area contributed by atoms with Gasteiger partial charge in [-0.25, -0.2) is 5.10 Å². The number of benzene rings is 1. The van der Waals surface area contributed by atoms with Crippen LogP contribution in [0.15, 0.2) is 29.1 Å². The average molecular weight is 287 g/mol. The van der Waals surface area contributed by atoms with Crippen LogP contribution in [0.5, 0.6) is 0 Å². The number of carbonyl (C=O) groups is 1. The number of nitrogens with zero attached hydrogens (tertiary/aromatic N) is 1. The molecule has 1 aromatic carbocycles. The summed E-state index contributed by atoms with van der Waals surface area (Å²) in [5.41, 5.74) is -0.0567. The number of fused-ring (bicyclic) bond motifs is 1. The molecule has 1 aliphatic rings. The second kappa shape index (κ2) is 6.05. The van der Waals surface area contributed by atoms with E-state index in [0.717, 1.165) is 25.9 Å². The van der Waals surface area contributed by atoms with E-state index < -0.39 is 0 Å². The standard InChI is InChI=1S/C15H17N3O3/c19-14-12-7-2-1-6-11(12)13(17-18-14)15(20)16-9-10-5-3-4-8-21-10/h1-2,6-7,10H,3-5,8-9H2,(H,16,20)(H,18,19). The fraction of sp³-hybridized carbons (Fsp3) is 0.400. The van der Waals surface area contributed by atoms with E-state index in [0.29, 0.717) is 17.3 Å². The number of H-pyrrole nitrogens is 1. The predicted octanol–water partition coefficient (Wildman–Crippen LogP) is 1.22. The molecule has 1 fully saturated rings. The van der Waals surface area contributed by atoms with Crippen molar-refractivity contribution in [1.29, 1.82) is 0 Å². The third-order valence-corrected chi connectivity index (χ3v) is 3.68. The van der Waals surface area contributed by atoms with Gasteiger partial charge in [-0.3, -0.25) is 9.59 Å². The molecule has 1 unspecified atom stereocenters. The number of aromatic amines is 1. The van der Waals surface area contributed by atoms with E-state index in [9.17, 15) is 9.59 Å². The quantitative estimate of drug-likeness (QED) is 0.889. The summed E-state index contributed by atoms with van der Waals surface area (Å²) < 4.78 is 5.58. The van der Waals surface area contributed by atoms with Crippen LogP contribution in [0, 0.1) is 0 Å². The van der Waals surface area contributed by atoms with Crippen LogP contribution in [0.1, 0.15) is 29.8 Å². The topological polar surface area (TPSA) is 84.1 Å². The second-order valence-corrected chi connectivity index (χ2v) is 5.15. The summed E-state index contributed by atoms with van der Waals surface area (Å²) in [7, 11) is 0. The first kappa shape index (κ1) is 13.8. The molecule has 3 rings (SSSR count). The Kier molecular flexibility index (Phi) is 3.96. The molecule has 110 valence electrons. The molecule has 6 nitrogen and oxygen atoms in total. The van der Waals surface area contributed by atoms with Gasteiger partial charge in [-0.2, -0.15) is 5.10 Å². The van der Waals surface area contributed by atoms with Gasteiger partial charge in [0.25, 0.3) is 11.5 Å². The summed E-state index contributed by atoms with van der Waals surface area (Å²) in [4.78, 5) is 24.0.